The topological polar surface area (TPSA) is 128 Å². The summed E-state index contributed by atoms with van der Waals surface area (Å²) < 4.78 is 40.3. The highest BCUT2D eigenvalue weighted by Crippen LogP contribution is 2.31. The minimum atomic E-state index is -3.86. The minimum Gasteiger partial charge on any atom is -0.495 e. The molecule has 11 heteroatoms. The number of methoxy groups -OCH3 is 3. The van der Waals surface area contributed by atoms with E-state index in [1.807, 2.05) is 0 Å². The van der Waals surface area contributed by atoms with E-state index in [0.717, 1.165) is 16.1 Å². The number of esters is 2. The molecule has 0 saturated heterocycles. The lowest BCUT2D eigenvalue weighted by molar-refractivity contribution is -0.114. The Balaban J connectivity index is 2.40. The number of nitrogens with zero attached hydrogens (tertiary/aromatic N) is 1. The summed E-state index contributed by atoms with van der Waals surface area (Å²) in [5.74, 6) is -1.90. The number of benzene rings is 2. The Bertz CT molecular complexity index is 1110. The third-order valence-electron chi connectivity index (χ3n) is 4.35. The van der Waals surface area contributed by atoms with Crippen LogP contribution in [0.3, 0.4) is 0 Å². The summed E-state index contributed by atoms with van der Waals surface area (Å²) in [6, 6.07) is 8.79. The summed E-state index contributed by atoms with van der Waals surface area (Å²) in [7, 11) is -0.129. The van der Waals surface area contributed by atoms with Crippen molar-refractivity contribution < 1.29 is 37.0 Å². The number of anilines is 2. The molecule has 2 aromatic carbocycles. The monoisotopic (exact) mass is 464 g/mol. The number of hydrogen-bond acceptors (Lipinski definition) is 8. The molecule has 32 heavy (non-hydrogen) atoms. The van der Waals surface area contributed by atoms with Gasteiger partial charge in [0, 0.05) is 5.69 Å². The van der Waals surface area contributed by atoms with Crippen molar-refractivity contribution in [3.8, 4) is 5.75 Å². The van der Waals surface area contributed by atoms with E-state index in [9.17, 15) is 22.8 Å². The van der Waals surface area contributed by atoms with Crippen molar-refractivity contribution in [1.29, 1.82) is 0 Å². The quantitative estimate of drug-likeness (QED) is 0.588. The number of aryl methyl sites for hydroxylation is 1. The van der Waals surface area contributed by atoms with Crippen molar-refractivity contribution in [2.75, 3.05) is 43.8 Å². The molecular weight excluding hydrogens is 440 g/mol. The molecule has 0 bridgehead atoms. The van der Waals surface area contributed by atoms with Crippen LogP contribution >= 0.6 is 0 Å². The van der Waals surface area contributed by atoms with Gasteiger partial charge in [0.05, 0.1) is 44.4 Å². The zero-order valence-corrected chi connectivity index (χ0v) is 19.1. The van der Waals surface area contributed by atoms with E-state index in [0.29, 0.717) is 0 Å². The first-order valence-corrected chi connectivity index (χ1v) is 11.1. The van der Waals surface area contributed by atoms with Crippen LogP contribution < -0.4 is 14.4 Å². The highest BCUT2D eigenvalue weighted by molar-refractivity contribution is 7.92. The maximum Gasteiger partial charge on any atom is 0.337 e. The predicted octanol–water partition coefficient (Wildman–Crippen LogP) is 1.98. The van der Waals surface area contributed by atoms with E-state index in [4.69, 9.17) is 4.74 Å². The summed E-state index contributed by atoms with van der Waals surface area (Å²) in [6.07, 6.45) is 0.968. The molecule has 0 aromatic heterocycles. The molecule has 172 valence electrons. The molecule has 0 spiro atoms. The third kappa shape index (κ3) is 5.97. The van der Waals surface area contributed by atoms with E-state index in [-0.39, 0.29) is 28.3 Å². The molecule has 0 aliphatic rings. The van der Waals surface area contributed by atoms with Gasteiger partial charge in [-0.1, -0.05) is 6.07 Å². The largest absolute Gasteiger partial charge is 0.495 e. The summed E-state index contributed by atoms with van der Waals surface area (Å²) in [4.78, 5) is 36.6. The number of carbonyl (C=O) groups excluding carboxylic acids is 3. The number of rotatable bonds is 8. The molecule has 0 aliphatic heterocycles. The van der Waals surface area contributed by atoms with Crippen LogP contribution in [0.5, 0.6) is 5.75 Å². The van der Waals surface area contributed by atoms with E-state index < -0.39 is 34.4 Å². The second-order valence-corrected chi connectivity index (χ2v) is 8.68. The Morgan fingerprint density at radius 2 is 1.50 bits per heavy atom. The molecule has 2 aromatic rings. The van der Waals surface area contributed by atoms with Gasteiger partial charge in [-0.15, -0.1) is 0 Å². The number of carbonyl (C=O) groups is 3. The molecule has 0 fully saturated rings. The van der Waals surface area contributed by atoms with Crippen LogP contribution in [-0.2, 0) is 24.3 Å². The first-order chi connectivity index (χ1) is 15.0. The number of amides is 1. The molecule has 10 nitrogen and oxygen atoms in total. The Kier molecular flexibility index (Phi) is 7.82. The van der Waals surface area contributed by atoms with Crippen LogP contribution in [0.1, 0.15) is 26.3 Å². The molecule has 0 saturated carbocycles. The average molecular weight is 464 g/mol. The van der Waals surface area contributed by atoms with E-state index in [1.54, 1.807) is 25.1 Å². The van der Waals surface area contributed by atoms with Crippen molar-refractivity contribution in [2.24, 2.45) is 0 Å². The second kappa shape index (κ2) is 10.1. The summed E-state index contributed by atoms with van der Waals surface area (Å²) in [5.41, 5.74) is 1.06. The number of nitrogens with one attached hydrogen (secondary N) is 1. The minimum absolute atomic E-state index is 0.00558. The second-order valence-electron chi connectivity index (χ2n) is 6.78. The first-order valence-electron chi connectivity index (χ1n) is 9.24. The van der Waals surface area contributed by atoms with Crippen molar-refractivity contribution in [2.45, 2.75) is 6.92 Å². The van der Waals surface area contributed by atoms with Gasteiger partial charge in [-0.05, 0) is 42.8 Å². The lowest BCUT2D eigenvalue weighted by atomic mass is 10.1. The Morgan fingerprint density at radius 3 is 1.97 bits per heavy atom. The predicted molar refractivity (Wildman–Crippen MR) is 118 cm³/mol. The zero-order chi connectivity index (χ0) is 24.1. The maximum atomic E-state index is 12.7. The maximum absolute atomic E-state index is 12.7. The van der Waals surface area contributed by atoms with Gasteiger partial charge >= 0.3 is 11.9 Å². The molecule has 1 amide bonds. The standard InChI is InChI=1S/C21H24N2O8S/c1-13-6-7-18(29-2)17(8-13)23(32(5,27)28)12-19(24)22-16-10-14(20(25)30-3)9-15(11-16)21(26)31-4/h6-11H,12H2,1-5H3,(H,22,24). The van der Waals surface area contributed by atoms with Crippen molar-refractivity contribution in [1.82, 2.24) is 0 Å². The fourth-order valence-electron chi connectivity index (χ4n) is 2.88. The van der Waals surface area contributed by atoms with E-state index in [1.165, 1.54) is 39.5 Å². The highest BCUT2D eigenvalue weighted by atomic mass is 32.2. The van der Waals surface area contributed by atoms with Crippen LogP contribution in [0.2, 0.25) is 0 Å². The number of hydrogen-bond donors (Lipinski definition) is 1. The number of ether oxygens (including phenoxy) is 3. The first kappa shape index (κ1) is 24.7. The van der Waals surface area contributed by atoms with Gasteiger partial charge in [0.25, 0.3) is 0 Å². The van der Waals surface area contributed by atoms with Gasteiger partial charge < -0.3 is 19.5 Å². The molecule has 2 rings (SSSR count). The molecular formula is C21H24N2O8S. The van der Waals surface area contributed by atoms with Gasteiger partial charge in [-0.25, -0.2) is 18.0 Å². The average Bonchev–Trinajstić information content (AvgIpc) is 2.75. The normalized spacial score (nSPS) is 10.8. The summed E-state index contributed by atoms with van der Waals surface area (Å²) >= 11 is 0. The summed E-state index contributed by atoms with van der Waals surface area (Å²) in [6.45, 7) is 1.20. The molecule has 0 atom stereocenters. The Morgan fingerprint density at radius 1 is 0.938 bits per heavy atom. The van der Waals surface area contributed by atoms with Gasteiger partial charge in [-0.2, -0.15) is 0 Å². The van der Waals surface area contributed by atoms with Crippen molar-refractivity contribution >= 4 is 39.2 Å². The number of sulfonamides is 1. The fraction of sp³-hybridized carbons (Fsp3) is 0.286. The Hall–Kier alpha value is -3.60. The Labute approximate surface area is 186 Å². The lowest BCUT2D eigenvalue weighted by Gasteiger charge is -2.24. The lowest BCUT2D eigenvalue weighted by Crippen LogP contribution is -2.37. The third-order valence-corrected chi connectivity index (χ3v) is 5.48. The van der Waals surface area contributed by atoms with Crippen LogP contribution in [0.15, 0.2) is 36.4 Å². The van der Waals surface area contributed by atoms with Crippen LogP contribution in [0.4, 0.5) is 11.4 Å². The van der Waals surface area contributed by atoms with Gasteiger partial charge in [0.15, 0.2) is 0 Å². The van der Waals surface area contributed by atoms with Crippen LogP contribution in [-0.4, -0.2) is 60.4 Å². The van der Waals surface area contributed by atoms with Crippen LogP contribution in [0, 0.1) is 6.92 Å². The molecule has 0 heterocycles. The van der Waals surface area contributed by atoms with Gasteiger partial charge in [0.2, 0.25) is 15.9 Å². The van der Waals surface area contributed by atoms with Crippen LogP contribution in [0.25, 0.3) is 0 Å². The summed E-state index contributed by atoms with van der Waals surface area (Å²) in [5, 5.41) is 2.50. The smallest absolute Gasteiger partial charge is 0.337 e. The highest BCUT2D eigenvalue weighted by Gasteiger charge is 2.25. The molecule has 0 radical (unpaired) electrons. The molecule has 1 N–H and O–H groups in total. The van der Waals surface area contributed by atoms with E-state index in [2.05, 4.69) is 14.8 Å². The fourth-order valence-corrected chi connectivity index (χ4v) is 3.73. The molecule has 0 aliphatic carbocycles. The van der Waals surface area contributed by atoms with Crippen molar-refractivity contribution in [3.05, 3.63) is 53.1 Å². The van der Waals surface area contributed by atoms with Gasteiger partial charge in [0.1, 0.15) is 12.3 Å². The van der Waals surface area contributed by atoms with Gasteiger partial charge in [-0.3, -0.25) is 9.10 Å². The molecule has 0 unspecified atom stereocenters. The zero-order valence-electron chi connectivity index (χ0n) is 18.3. The van der Waals surface area contributed by atoms with Crippen molar-refractivity contribution in [3.63, 3.8) is 0 Å². The van der Waals surface area contributed by atoms with E-state index >= 15 is 0 Å². The SMILES string of the molecule is COC(=O)c1cc(NC(=O)CN(c2cc(C)ccc2OC)S(C)(=O)=O)cc(C(=O)OC)c1.